The number of carbonyl (C=O) groups is 3. The quantitative estimate of drug-likeness (QED) is 0.359. The van der Waals surface area contributed by atoms with Crippen molar-refractivity contribution in [3.63, 3.8) is 0 Å². The Morgan fingerprint density at radius 2 is 1.87 bits per heavy atom. The normalized spacial score (nSPS) is 43.1. The fourth-order valence-corrected chi connectivity index (χ4v) is 8.33. The zero-order chi connectivity index (χ0) is 29.2. The summed E-state index contributed by atoms with van der Waals surface area (Å²) in [7, 11) is -4.05. The Hall–Kier alpha value is -2.18. The predicted octanol–water partition coefficient (Wildman–Crippen LogP) is 3.40. The fourth-order valence-electron chi connectivity index (χ4n) is 8.01. The second kappa shape index (κ2) is 9.73. The highest BCUT2D eigenvalue weighted by Crippen LogP contribution is 2.71. The molecule has 0 radical (unpaired) electrons. The Bertz CT molecular complexity index is 1230. The zero-order valence-corrected chi connectivity index (χ0v) is 23.6. The minimum Gasteiger partial charge on any atom is -0.434 e. The number of aliphatic hydroxyl groups excluding tert-OH is 1. The van der Waals surface area contributed by atoms with Crippen molar-refractivity contribution in [1.29, 1.82) is 0 Å². The van der Waals surface area contributed by atoms with Crippen molar-refractivity contribution >= 4 is 27.8 Å². The molecule has 0 spiro atoms. The van der Waals surface area contributed by atoms with Gasteiger partial charge in [0.15, 0.2) is 17.1 Å². The van der Waals surface area contributed by atoms with Gasteiger partial charge in [0, 0.05) is 22.7 Å². The Kier molecular flexibility index (Phi) is 7.43. The molecule has 3 fully saturated rings. The number of fused-ring (bicyclic) bond motifs is 5. The maximum absolute atomic E-state index is 17.4. The van der Waals surface area contributed by atoms with Crippen LogP contribution in [0.5, 0.6) is 0 Å². The van der Waals surface area contributed by atoms with Crippen molar-refractivity contribution in [2.45, 2.75) is 76.9 Å². The largest absolute Gasteiger partial charge is 0.509 e. The third-order valence-electron chi connectivity index (χ3n) is 9.66. The monoisotopic (exact) mass is 574 g/mol. The Morgan fingerprint density at radius 3 is 2.49 bits per heavy atom. The van der Waals surface area contributed by atoms with E-state index in [4.69, 9.17) is 13.7 Å². The smallest absolute Gasteiger partial charge is 0.434 e. The van der Waals surface area contributed by atoms with E-state index in [1.165, 1.54) is 19.1 Å². The van der Waals surface area contributed by atoms with Crippen LogP contribution in [-0.2, 0) is 33.4 Å². The summed E-state index contributed by atoms with van der Waals surface area (Å²) in [4.78, 5) is 38.6. The highest BCUT2D eigenvalue weighted by molar-refractivity contribution is 7.86. The lowest BCUT2D eigenvalue weighted by atomic mass is 9.44. The number of allylic oxidation sites excluding steroid dienone is 4. The van der Waals surface area contributed by atoms with Gasteiger partial charge in [-0.05, 0) is 56.3 Å². The first kappa shape index (κ1) is 29.8. The number of hydrogen-bond donors (Lipinski definition) is 1. The van der Waals surface area contributed by atoms with Gasteiger partial charge < -0.3 is 14.6 Å². The Morgan fingerprint density at radius 1 is 1.21 bits per heavy atom. The molecule has 0 bridgehead atoms. The molecule has 1 N–H and O–H groups in total. The summed E-state index contributed by atoms with van der Waals surface area (Å²) in [6.45, 7) is 5.46. The first-order valence-corrected chi connectivity index (χ1v) is 15.0. The van der Waals surface area contributed by atoms with Gasteiger partial charge in [0.2, 0.25) is 5.78 Å². The summed E-state index contributed by atoms with van der Waals surface area (Å²) in [6, 6.07) is 0. The van der Waals surface area contributed by atoms with Gasteiger partial charge in [-0.15, -0.1) is 0 Å². The highest BCUT2D eigenvalue weighted by Gasteiger charge is 2.78. The lowest BCUT2D eigenvalue weighted by molar-refractivity contribution is -0.225. The van der Waals surface area contributed by atoms with Gasteiger partial charge in [0.25, 0.3) is 10.1 Å². The SMILES string of the molecule is CCCOC(=O)O[C@]1(C(=O)COS(C)(=O)=O)[C@H](C)C[C@H]2[C@@H]3C[C@H](F)C4=CC(=O)C=C[C@]4(C)[C@@]3(F)[C@@H](O)C[C@@]21C. The van der Waals surface area contributed by atoms with Crippen molar-refractivity contribution < 1.29 is 50.3 Å². The first-order chi connectivity index (χ1) is 18.0. The molecule has 0 unspecified atom stereocenters. The van der Waals surface area contributed by atoms with E-state index in [-0.39, 0.29) is 31.4 Å². The van der Waals surface area contributed by atoms with Crippen molar-refractivity contribution in [3.05, 3.63) is 23.8 Å². The number of carbonyl (C=O) groups excluding carboxylic acids is 3. The molecule has 0 aliphatic heterocycles. The number of aliphatic hydroxyl groups is 1. The average Bonchev–Trinajstić information content (AvgIpc) is 3.06. The van der Waals surface area contributed by atoms with Crippen molar-refractivity contribution in [3.8, 4) is 0 Å². The second-order valence-corrected chi connectivity index (χ2v) is 13.5. The van der Waals surface area contributed by atoms with Gasteiger partial charge >= 0.3 is 6.16 Å². The van der Waals surface area contributed by atoms with E-state index in [2.05, 4.69) is 0 Å². The lowest BCUT2D eigenvalue weighted by Gasteiger charge is -2.63. The van der Waals surface area contributed by atoms with Crippen molar-refractivity contribution in [2.24, 2.45) is 28.6 Å². The lowest BCUT2D eigenvalue weighted by Crippen LogP contribution is -2.71. The zero-order valence-electron chi connectivity index (χ0n) is 22.7. The minimum atomic E-state index is -4.05. The molecule has 9 atom stereocenters. The third-order valence-corrected chi connectivity index (χ3v) is 10.2. The summed E-state index contributed by atoms with van der Waals surface area (Å²) in [5, 5.41) is 11.5. The molecule has 3 saturated carbocycles. The number of halogens is 2. The molecule has 0 aromatic rings. The van der Waals surface area contributed by atoms with Crippen LogP contribution >= 0.6 is 0 Å². The number of ketones is 2. The number of alkyl halides is 2. The van der Waals surface area contributed by atoms with E-state index < -0.39 is 86.6 Å². The van der Waals surface area contributed by atoms with Crippen molar-refractivity contribution in [2.75, 3.05) is 19.5 Å². The van der Waals surface area contributed by atoms with E-state index >= 15 is 8.78 Å². The maximum Gasteiger partial charge on any atom is 0.509 e. The Balaban J connectivity index is 1.83. The van der Waals surface area contributed by atoms with E-state index in [0.717, 1.165) is 12.3 Å². The van der Waals surface area contributed by atoms with Gasteiger partial charge in [0.1, 0.15) is 12.8 Å². The maximum atomic E-state index is 17.4. The summed E-state index contributed by atoms with van der Waals surface area (Å²) in [6.07, 6.45) is -0.381. The molecule has 4 aliphatic carbocycles. The molecule has 9 nitrogen and oxygen atoms in total. The van der Waals surface area contributed by atoms with Crippen LogP contribution in [-0.4, -0.2) is 74.3 Å². The number of hydrogen-bond acceptors (Lipinski definition) is 9. The molecule has 39 heavy (non-hydrogen) atoms. The average molecular weight is 575 g/mol. The first-order valence-electron chi connectivity index (χ1n) is 13.2. The van der Waals surface area contributed by atoms with Crippen LogP contribution in [0, 0.1) is 28.6 Å². The fraction of sp³-hybridized carbons (Fsp3) is 0.741. The van der Waals surface area contributed by atoms with Gasteiger partial charge in [-0.25, -0.2) is 13.6 Å². The third kappa shape index (κ3) is 4.28. The van der Waals surface area contributed by atoms with Crippen LogP contribution in [0.1, 0.15) is 53.4 Å². The van der Waals surface area contributed by atoms with Crippen LogP contribution in [0.3, 0.4) is 0 Å². The molecule has 0 aromatic carbocycles. The molecule has 4 rings (SSSR count). The highest BCUT2D eigenvalue weighted by atomic mass is 32.2. The summed E-state index contributed by atoms with van der Waals surface area (Å²) >= 11 is 0. The minimum absolute atomic E-state index is 0.00163. The molecule has 0 amide bonds. The molecule has 0 aromatic heterocycles. The summed E-state index contributed by atoms with van der Waals surface area (Å²) < 4.78 is 72.1. The van der Waals surface area contributed by atoms with E-state index in [1.54, 1.807) is 20.8 Å². The van der Waals surface area contributed by atoms with Crippen LogP contribution in [0.25, 0.3) is 0 Å². The predicted molar refractivity (Wildman–Crippen MR) is 134 cm³/mol. The molecular weight excluding hydrogens is 538 g/mol. The van der Waals surface area contributed by atoms with Gasteiger partial charge in [0.05, 0.1) is 19.0 Å². The number of rotatable bonds is 7. The van der Waals surface area contributed by atoms with Crippen LogP contribution in [0.15, 0.2) is 23.8 Å². The van der Waals surface area contributed by atoms with Gasteiger partial charge in [-0.2, -0.15) is 8.42 Å². The molecule has 0 saturated heterocycles. The van der Waals surface area contributed by atoms with Gasteiger partial charge in [-0.3, -0.25) is 13.8 Å². The van der Waals surface area contributed by atoms with E-state index in [1.807, 2.05) is 0 Å². The van der Waals surface area contributed by atoms with Crippen LogP contribution < -0.4 is 0 Å². The molecule has 0 heterocycles. The Labute approximate surface area is 227 Å². The molecule has 218 valence electrons. The topological polar surface area (TPSA) is 133 Å². The number of Topliss-reactive ketones (excluding diaryl/α,β-unsaturated/α-hetero) is 1. The molecule has 12 heteroatoms. The molecule has 4 aliphatic rings. The van der Waals surface area contributed by atoms with Crippen LogP contribution in [0.4, 0.5) is 13.6 Å². The standard InChI is InChI=1S/C27H36F2O9S/c1-6-9-36-23(33)38-27(22(32)14-37-39(5,34)35)15(2)10-17-18-12-20(28)19-11-16(30)7-8-24(19,3)26(18,29)21(31)13-25(17,27)4/h7-8,11,15,17-18,20-21,31H,6,9-10,12-14H2,1-5H3/t15-,17+,18+,20+,21+,24+,25+,26+,27+/m1/s1. The van der Waals surface area contributed by atoms with Gasteiger partial charge in [-0.1, -0.05) is 26.8 Å². The second-order valence-electron chi connectivity index (χ2n) is 11.8. The summed E-state index contributed by atoms with van der Waals surface area (Å²) in [5.41, 5.74) is -7.53. The number of ether oxygens (including phenoxy) is 2. The van der Waals surface area contributed by atoms with Crippen LogP contribution in [0.2, 0.25) is 0 Å². The molecular formula is C27H36F2O9S. The van der Waals surface area contributed by atoms with E-state index in [9.17, 15) is 27.9 Å². The summed E-state index contributed by atoms with van der Waals surface area (Å²) in [5.74, 6) is -4.00. The van der Waals surface area contributed by atoms with Crippen molar-refractivity contribution in [1.82, 2.24) is 0 Å². The van der Waals surface area contributed by atoms with E-state index in [0.29, 0.717) is 6.42 Å².